The van der Waals surface area contributed by atoms with Gasteiger partial charge in [-0.25, -0.2) is 0 Å². The van der Waals surface area contributed by atoms with Crippen LogP contribution in [0.2, 0.25) is 0 Å². The number of benzene rings is 2. The summed E-state index contributed by atoms with van der Waals surface area (Å²) < 4.78 is 11.8. The lowest BCUT2D eigenvalue weighted by atomic mass is 10.2. The number of nitrogens with one attached hydrogen (secondary N) is 1. The number of rotatable bonds is 5. The average Bonchev–Trinajstić information content (AvgIpc) is 3.02. The van der Waals surface area contributed by atoms with Gasteiger partial charge < -0.3 is 14.6 Å². The number of carbonyl (C=O) groups excluding carboxylic acids is 1. The molecule has 0 aliphatic heterocycles. The smallest absolute Gasteiger partial charge is 0.264 e. The van der Waals surface area contributed by atoms with E-state index in [2.05, 4.69) is 31.4 Å². The van der Waals surface area contributed by atoms with E-state index >= 15 is 0 Å². The van der Waals surface area contributed by atoms with Crippen LogP contribution in [0.5, 0.6) is 5.75 Å². The van der Waals surface area contributed by atoms with Crippen LogP contribution in [0.3, 0.4) is 0 Å². The molecular weight excluding hydrogens is 374 g/mol. The summed E-state index contributed by atoms with van der Waals surface area (Å²) in [5, 5.41) is 6.65. The molecule has 1 aromatic heterocycles. The Morgan fingerprint density at radius 2 is 2.08 bits per heavy atom. The van der Waals surface area contributed by atoms with Gasteiger partial charge in [0.2, 0.25) is 11.7 Å². The van der Waals surface area contributed by atoms with Crippen LogP contribution in [0.15, 0.2) is 57.5 Å². The molecule has 0 unspecified atom stereocenters. The lowest BCUT2D eigenvalue weighted by molar-refractivity contribution is -0.114. The van der Waals surface area contributed by atoms with Gasteiger partial charge in [0.1, 0.15) is 5.75 Å². The van der Waals surface area contributed by atoms with Crippen molar-refractivity contribution in [2.75, 3.05) is 5.32 Å². The number of hydrogen-bond donors (Lipinski definition) is 1. The standard InChI is InChI=1S/C17H14BrN3O3/c1-11(22)19-14-6-3-7-15(9-14)23-10-16-20-17(21-24-16)12-4-2-5-13(18)8-12/h2-9H,10H2,1H3,(H,19,22). The van der Waals surface area contributed by atoms with Crippen molar-refractivity contribution in [2.24, 2.45) is 0 Å². The summed E-state index contributed by atoms with van der Waals surface area (Å²) in [5.41, 5.74) is 1.52. The predicted octanol–water partition coefficient (Wildman–Crippen LogP) is 4.04. The molecule has 0 aliphatic carbocycles. The van der Waals surface area contributed by atoms with Gasteiger partial charge in [0, 0.05) is 28.7 Å². The molecule has 3 rings (SSSR count). The normalized spacial score (nSPS) is 10.4. The molecule has 0 aliphatic rings. The second kappa shape index (κ2) is 7.27. The summed E-state index contributed by atoms with van der Waals surface area (Å²) in [6.07, 6.45) is 0. The van der Waals surface area contributed by atoms with E-state index in [4.69, 9.17) is 9.26 Å². The number of carbonyl (C=O) groups is 1. The summed E-state index contributed by atoms with van der Waals surface area (Å²) in [6.45, 7) is 1.60. The first kappa shape index (κ1) is 16.2. The molecule has 0 fully saturated rings. The molecule has 1 heterocycles. The SMILES string of the molecule is CC(=O)Nc1cccc(OCc2nc(-c3cccc(Br)c3)no2)c1. The Labute approximate surface area is 147 Å². The summed E-state index contributed by atoms with van der Waals surface area (Å²) in [5.74, 6) is 1.34. The zero-order valence-electron chi connectivity index (χ0n) is 12.8. The molecule has 2 aromatic carbocycles. The zero-order chi connectivity index (χ0) is 16.9. The molecule has 6 nitrogen and oxygen atoms in total. The summed E-state index contributed by atoms with van der Waals surface area (Å²) in [7, 11) is 0. The van der Waals surface area contributed by atoms with Crippen LogP contribution in [-0.2, 0) is 11.4 Å². The maximum Gasteiger partial charge on any atom is 0.264 e. The second-order valence-electron chi connectivity index (χ2n) is 5.02. The van der Waals surface area contributed by atoms with Gasteiger partial charge in [-0.05, 0) is 24.3 Å². The van der Waals surface area contributed by atoms with Crippen LogP contribution in [0, 0.1) is 0 Å². The van der Waals surface area contributed by atoms with Crippen molar-refractivity contribution < 1.29 is 14.1 Å². The van der Waals surface area contributed by atoms with Crippen LogP contribution in [-0.4, -0.2) is 16.0 Å². The molecule has 1 N–H and O–H groups in total. The zero-order valence-corrected chi connectivity index (χ0v) is 14.4. The molecular formula is C17H14BrN3O3. The number of anilines is 1. The Kier molecular flexibility index (Phi) is 4.90. The minimum absolute atomic E-state index is 0.136. The molecule has 7 heteroatoms. The van der Waals surface area contributed by atoms with Gasteiger partial charge in [0.05, 0.1) is 0 Å². The highest BCUT2D eigenvalue weighted by Crippen LogP contribution is 2.21. The van der Waals surface area contributed by atoms with Gasteiger partial charge in [-0.3, -0.25) is 4.79 Å². The van der Waals surface area contributed by atoms with Crippen LogP contribution in [0.1, 0.15) is 12.8 Å². The van der Waals surface area contributed by atoms with Crippen molar-refractivity contribution in [3.8, 4) is 17.1 Å². The van der Waals surface area contributed by atoms with Crippen molar-refractivity contribution in [3.05, 3.63) is 58.9 Å². The van der Waals surface area contributed by atoms with E-state index in [1.165, 1.54) is 6.92 Å². The van der Waals surface area contributed by atoms with E-state index in [0.29, 0.717) is 23.2 Å². The van der Waals surface area contributed by atoms with Gasteiger partial charge in [0.15, 0.2) is 6.61 Å². The fourth-order valence-electron chi connectivity index (χ4n) is 2.07. The third-order valence-corrected chi connectivity index (χ3v) is 3.56. The molecule has 0 spiro atoms. The molecule has 0 radical (unpaired) electrons. The Balaban J connectivity index is 1.66. The van der Waals surface area contributed by atoms with Crippen molar-refractivity contribution >= 4 is 27.5 Å². The fraction of sp³-hybridized carbons (Fsp3) is 0.118. The Hall–Kier alpha value is -2.67. The van der Waals surface area contributed by atoms with Crippen LogP contribution < -0.4 is 10.1 Å². The minimum atomic E-state index is -0.136. The molecule has 1 amide bonds. The molecule has 3 aromatic rings. The number of ether oxygens (including phenoxy) is 1. The largest absolute Gasteiger partial charge is 0.484 e. The van der Waals surface area contributed by atoms with Crippen molar-refractivity contribution in [3.63, 3.8) is 0 Å². The Bertz CT molecular complexity index is 864. The van der Waals surface area contributed by atoms with Crippen molar-refractivity contribution in [1.29, 1.82) is 0 Å². The minimum Gasteiger partial charge on any atom is -0.484 e. The third-order valence-electron chi connectivity index (χ3n) is 3.07. The number of halogens is 1. The number of hydrogen-bond acceptors (Lipinski definition) is 5. The van der Waals surface area contributed by atoms with Gasteiger partial charge in [-0.1, -0.05) is 39.3 Å². The summed E-state index contributed by atoms with van der Waals surface area (Å²) in [6, 6.07) is 14.7. The average molecular weight is 388 g/mol. The first-order chi connectivity index (χ1) is 11.6. The van der Waals surface area contributed by atoms with Gasteiger partial charge >= 0.3 is 0 Å². The molecule has 122 valence electrons. The van der Waals surface area contributed by atoms with E-state index in [0.717, 1.165) is 10.0 Å². The van der Waals surface area contributed by atoms with E-state index in [1.54, 1.807) is 24.3 Å². The highest BCUT2D eigenvalue weighted by Gasteiger charge is 2.09. The summed E-state index contributed by atoms with van der Waals surface area (Å²) in [4.78, 5) is 15.4. The highest BCUT2D eigenvalue weighted by molar-refractivity contribution is 9.10. The van der Waals surface area contributed by atoms with E-state index < -0.39 is 0 Å². The maximum absolute atomic E-state index is 11.1. The van der Waals surface area contributed by atoms with E-state index in [1.807, 2.05) is 24.3 Å². The first-order valence-electron chi connectivity index (χ1n) is 7.19. The highest BCUT2D eigenvalue weighted by atomic mass is 79.9. The molecule has 0 bridgehead atoms. The van der Waals surface area contributed by atoms with E-state index in [9.17, 15) is 4.79 Å². The van der Waals surface area contributed by atoms with Crippen molar-refractivity contribution in [2.45, 2.75) is 13.5 Å². The monoisotopic (exact) mass is 387 g/mol. The van der Waals surface area contributed by atoms with Gasteiger partial charge in [0.25, 0.3) is 5.89 Å². The third kappa shape index (κ3) is 4.20. The van der Waals surface area contributed by atoms with Crippen LogP contribution >= 0.6 is 15.9 Å². The second-order valence-corrected chi connectivity index (χ2v) is 5.94. The van der Waals surface area contributed by atoms with Crippen molar-refractivity contribution in [1.82, 2.24) is 10.1 Å². The maximum atomic E-state index is 11.1. The van der Waals surface area contributed by atoms with Gasteiger partial charge in [-0.2, -0.15) is 4.98 Å². The van der Waals surface area contributed by atoms with Gasteiger partial charge in [-0.15, -0.1) is 0 Å². The quantitative estimate of drug-likeness (QED) is 0.714. The predicted molar refractivity (Wildman–Crippen MR) is 92.5 cm³/mol. The summed E-state index contributed by atoms with van der Waals surface area (Å²) >= 11 is 3.41. The number of aromatic nitrogens is 2. The molecule has 0 saturated carbocycles. The van der Waals surface area contributed by atoms with Crippen LogP contribution in [0.25, 0.3) is 11.4 Å². The lowest BCUT2D eigenvalue weighted by Crippen LogP contribution is -2.05. The topological polar surface area (TPSA) is 77.2 Å². The Morgan fingerprint density at radius 3 is 2.88 bits per heavy atom. The first-order valence-corrected chi connectivity index (χ1v) is 7.98. The molecule has 0 saturated heterocycles. The number of nitrogens with zero attached hydrogens (tertiary/aromatic N) is 2. The van der Waals surface area contributed by atoms with E-state index in [-0.39, 0.29) is 12.5 Å². The molecule has 0 atom stereocenters. The number of amides is 1. The van der Waals surface area contributed by atoms with Crippen LogP contribution in [0.4, 0.5) is 5.69 Å². The lowest BCUT2D eigenvalue weighted by Gasteiger charge is -2.06. The molecule has 24 heavy (non-hydrogen) atoms. The Morgan fingerprint density at radius 1 is 1.25 bits per heavy atom. The fourth-order valence-corrected chi connectivity index (χ4v) is 2.47.